The van der Waals surface area contributed by atoms with Gasteiger partial charge in [-0.3, -0.25) is 4.79 Å². The van der Waals surface area contributed by atoms with Gasteiger partial charge in [0.05, 0.1) is 11.8 Å². The second-order valence-electron chi connectivity index (χ2n) is 12.2. The molecule has 4 heterocycles. The van der Waals surface area contributed by atoms with Gasteiger partial charge < -0.3 is 20.0 Å². The highest BCUT2D eigenvalue weighted by atomic mass is 35.5. The van der Waals surface area contributed by atoms with E-state index in [-0.39, 0.29) is 17.4 Å². The molecule has 0 saturated carbocycles. The zero-order chi connectivity index (χ0) is 30.7. The second kappa shape index (κ2) is 12.8. The molecule has 1 N–H and O–H groups in total. The van der Waals surface area contributed by atoms with Gasteiger partial charge in [-0.25, -0.2) is 4.52 Å². The van der Waals surface area contributed by atoms with E-state index < -0.39 is 0 Å². The number of likely N-dealkylation sites (tertiary alicyclic amines) is 1. The summed E-state index contributed by atoms with van der Waals surface area (Å²) in [6.45, 7) is 3.74. The van der Waals surface area contributed by atoms with Gasteiger partial charge in [0.25, 0.3) is 5.91 Å². The minimum Gasteiger partial charge on any atom is -0.368 e. The Morgan fingerprint density at radius 1 is 1.07 bits per heavy atom. The van der Waals surface area contributed by atoms with E-state index in [4.69, 9.17) is 16.6 Å². The van der Waals surface area contributed by atoms with Crippen LogP contribution in [0, 0.1) is 11.3 Å². The molecule has 2 aromatic carbocycles. The molecule has 2 fully saturated rings. The van der Waals surface area contributed by atoms with Crippen LogP contribution in [0.2, 0.25) is 5.02 Å². The highest BCUT2D eigenvalue weighted by molar-refractivity contribution is 6.30. The van der Waals surface area contributed by atoms with E-state index in [1.54, 1.807) is 0 Å². The maximum atomic E-state index is 13.1. The monoisotopic (exact) mass is 610 g/mol. The van der Waals surface area contributed by atoms with Gasteiger partial charge in [0, 0.05) is 55.1 Å². The number of fused-ring (bicyclic) bond motifs is 1. The number of hydrogen-bond donors (Lipinski definition) is 1. The van der Waals surface area contributed by atoms with Gasteiger partial charge in [-0.2, -0.15) is 10.2 Å². The van der Waals surface area contributed by atoms with Crippen molar-refractivity contribution in [2.45, 2.75) is 50.0 Å². The molecule has 0 spiro atoms. The lowest BCUT2D eigenvalue weighted by molar-refractivity contribution is 0.0659. The van der Waals surface area contributed by atoms with E-state index in [0.29, 0.717) is 17.9 Å². The molecule has 2 saturated heterocycles. The number of nitrogens with zero attached hydrogens (tertiary/aromatic N) is 7. The minimum atomic E-state index is -0.0439. The predicted octanol–water partition coefficient (Wildman–Crippen LogP) is 6.13. The molecule has 0 atom stereocenters. The Labute approximate surface area is 264 Å². The summed E-state index contributed by atoms with van der Waals surface area (Å²) in [7, 11) is 4.04. The van der Waals surface area contributed by atoms with Crippen LogP contribution >= 0.6 is 11.6 Å². The number of piperidine rings is 2. The van der Waals surface area contributed by atoms with Gasteiger partial charge in [0.2, 0.25) is 5.95 Å². The lowest BCUT2D eigenvalue weighted by Crippen LogP contribution is -2.44. The first kappa shape index (κ1) is 29.9. The number of amides is 1. The Morgan fingerprint density at radius 2 is 1.77 bits per heavy atom. The summed E-state index contributed by atoms with van der Waals surface area (Å²) in [6.07, 6.45) is 7.15. The van der Waals surface area contributed by atoms with E-state index >= 15 is 0 Å². The van der Waals surface area contributed by atoms with Crippen LogP contribution in [0.25, 0.3) is 5.65 Å². The van der Waals surface area contributed by atoms with E-state index in [1.807, 2.05) is 65.1 Å². The minimum absolute atomic E-state index is 0.0439. The summed E-state index contributed by atoms with van der Waals surface area (Å²) in [5.74, 6) is 0.553. The lowest BCUT2D eigenvalue weighted by Gasteiger charge is -2.43. The number of carbonyl (C=O) groups excluding carboxylic acids is 1. The maximum Gasteiger partial charge on any atom is 0.253 e. The van der Waals surface area contributed by atoms with Crippen molar-refractivity contribution < 1.29 is 4.79 Å². The number of benzene rings is 2. The molecule has 9 nitrogen and oxygen atoms in total. The van der Waals surface area contributed by atoms with Crippen LogP contribution in [-0.4, -0.2) is 76.6 Å². The molecule has 2 aliphatic heterocycles. The van der Waals surface area contributed by atoms with Crippen molar-refractivity contribution in [1.29, 1.82) is 5.26 Å². The average molecular weight is 611 g/mol. The van der Waals surface area contributed by atoms with Crippen molar-refractivity contribution >= 4 is 40.5 Å². The van der Waals surface area contributed by atoms with E-state index in [0.717, 1.165) is 80.3 Å². The van der Waals surface area contributed by atoms with Crippen LogP contribution in [0.15, 0.2) is 66.9 Å². The number of anilines is 3. The van der Waals surface area contributed by atoms with Crippen molar-refractivity contribution in [3.8, 4) is 6.07 Å². The molecular formula is C34H39ClN8O. The summed E-state index contributed by atoms with van der Waals surface area (Å²) in [5, 5.41) is 18.1. The summed E-state index contributed by atoms with van der Waals surface area (Å²) in [6, 6.07) is 22.4. The van der Waals surface area contributed by atoms with Crippen LogP contribution in [0.1, 0.15) is 54.4 Å². The SMILES string of the molecule is CN1CCC(N(C)C(=O)c2ccc(Nc3nc4c(N5CCC(CCC#N)(c6ccc(Cl)cc6)CC5)cccn4n3)cc2)CC1. The third-order valence-corrected chi connectivity index (χ3v) is 9.77. The first-order valence-corrected chi connectivity index (χ1v) is 15.8. The zero-order valence-corrected chi connectivity index (χ0v) is 26.2. The fraction of sp³-hybridized carbons (Fsp3) is 0.412. The van der Waals surface area contributed by atoms with Gasteiger partial charge in [0.1, 0.15) is 0 Å². The van der Waals surface area contributed by atoms with Gasteiger partial charge >= 0.3 is 0 Å². The zero-order valence-electron chi connectivity index (χ0n) is 25.4. The van der Waals surface area contributed by atoms with Gasteiger partial charge in [-0.05, 0) is 112 Å². The molecule has 1 amide bonds. The second-order valence-corrected chi connectivity index (χ2v) is 12.6. The Hall–Kier alpha value is -4.13. The van der Waals surface area contributed by atoms with Crippen LogP contribution in [-0.2, 0) is 5.41 Å². The Bertz CT molecular complexity index is 1630. The number of aromatic nitrogens is 3. The fourth-order valence-electron chi connectivity index (χ4n) is 6.73. The summed E-state index contributed by atoms with van der Waals surface area (Å²) >= 11 is 6.18. The Balaban J connectivity index is 1.14. The number of nitrogens with one attached hydrogen (secondary N) is 1. The summed E-state index contributed by atoms with van der Waals surface area (Å²) < 4.78 is 1.81. The number of halogens is 1. The largest absolute Gasteiger partial charge is 0.368 e. The number of pyridine rings is 1. The smallest absolute Gasteiger partial charge is 0.253 e. The highest BCUT2D eigenvalue weighted by Crippen LogP contribution is 2.41. The van der Waals surface area contributed by atoms with Gasteiger partial charge in [0.15, 0.2) is 5.65 Å². The molecule has 0 radical (unpaired) electrons. The van der Waals surface area contributed by atoms with Gasteiger partial charge in [-0.15, -0.1) is 5.10 Å². The van der Waals surface area contributed by atoms with Crippen molar-refractivity contribution in [1.82, 2.24) is 24.4 Å². The molecule has 6 rings (SSSR count). The van der Waals surface area contributed by atoms with Crippen LogP contribution in [0.3, 0.4) is 0 Å². The third kappa shape index (κ3) is 6.23. The molecule has 44 heavy (non-hydrogen) atoms. The quantitative estimate of drug-likeness (QED) is 0.256. The number of carbonyl (C=O) groups is 1. The standard InChI is InChI=1S/C34H39ClN8O/c1-40-21-14-29(15-22-40)41(2)32(44)25-6-12-28(13-7-25)37-33-38-31-30(5-3-20-43(31)39-33)42-23-17-34(18-24-42,16-4-19-36)26-8-10-27(35)11-9-26/h3,5-13,20,29H,4,14-18,21-24H2,1-2H3,(H,37,39). The molecule has 0 bridgehead atoms. The molecule has 2 aromatic heterocycles. The Morgan fingerprint density at radius 3 is 2.45 bits per heavy atom. The summed E-state index contributed by atoms with van der Waals surface area (Å²) in [4.78, 5) is 24.6. The van der Waals surface area contributed by atoms with Crippen LogP contribution in [0.4, 0.5) is 17.3 Å². The molecule has 0 unspecified atom stereocenters. The molecule has 2 aliphatic rings. The fourth-order valence-corrected chi connectivity index (χ4v) is 6.85. The molecular weight excluding hydrogens is 572 g/mol. The Kier molecular flexibility index (Phi) is 8.74. The molecule has 0 aliphatic carbocycles. The van der Waals surface area contributed by atoms with Crippen molar-refractivity contribution in [3.63, 3.8) is 0 Å². The van der Waals surface area contributed by atoms with Crippen LogP contribution < -0.4 is 10.2 Å². The molecule has 4 aromatic rings. The average Bonchev–Trinajstić information content (AvgIpc) is 3.47. The summed E-state index contributed by atoms with van der Waals surface area (Å²) in [5.41, 5.74) is 4.54. The van der Waals surface area contributed by atoms with Gasteiger partial charge in [-0.1, -0.05) is 23.7 Å². The van der Waals surface area contributed by atoms with Crippen molar-refractivity contribution in [2.75, 3.05) is 50.5 Å². The molecule has 10 heteroatoms. The first-order valence-electron chi connectivity index (χ1n) is 15.4. The van der Waals surface area contributed by atoms with Crippen molar-refractivity contribution in [3.05, 3.63) is 83.0 Å². The van der Waals surface area contributed by atoms with E-state index in [2.05, 4.69) is 51.5 Å². The maximum absolute atomic E-state index is 13.1. The first-order chi connectivity index (χ1) is 21.3. The third-order valence-electron chi connectivity index (χ3n) is 9.52. The topological polar surface area (TPSA) is 92.8 Å². The van der Waals surface area contributed by atoms with Crippen molar-refractivity contribution in [2.24, 2.45) is 0 Å². The van der Waals surface area contributed by atoms with E-state index in [1.165, 1.54) is 5.56 Å². The van der Waals surface area contributed by atoms with Crippen LogP contribution in [0.5, 0.6) is 0 Å². The molecule has 228 valence electrons. The predicted molar refractivity (Wildman–Crippen MR) is 175 cm³/mol. The highest BCUT2D eigenvalue weighted by Gasteiger charge is 2.36. The van der Waals surface area contributed by atoms with E-state index in [9.17, 15) is 10.1 Å². The number of rotatable bonds is 8. The normalized spacial score (nSPS) is 17.4. The number of nitriles is 1. The number of hydrogen-bond acceptors (Lipinski definition) is 7. The lowest BCUT2D eigenvalue weighted by atomic mass is 9.70.